The average Bonchev–Trinajstić information content (AvgIpc) is 2.95. The van der Waals surface area contributed by atoms with Crippen molar-refractivity contribution in [2.24, 2.45) is 5.92 Å². The maximum Gasteiger partial charge on any atom is 0.272 e. The van der Waals surface area contributed by atoms with E-state index < -0.39 is 0 Å². The van der Waals surface area contributed by atoms with Crippen LogP contribution in [0.2, 0.25) is 0 Å². The van der Waals surface area contributed by atoms with Crippen LogP contribution in [0.5, 0.6) is 0 Å². The fourth-order valence-corrected chi connectivity index (χ4v) is 3.88. The highest BCUT2D eigenvalue weighted by molar-refractivity contribution is 7.99. The third-order valence-electron chi connectivity index (χ3n) is 3.81. The summed E-state index contributed by atoms with van der Waals surface area (Å²) in [6, 6.07) is 6.38. The Kier molecular flexibility index (Phi) is 4.71. The number of halogens is 1. The molecule has 0 saturated heterocycles. The summed E-state index contributed by atoms with van der Waals surface area (Å²) in [5, 5.41) is 9.98. The zero-order chi connectivity index (χ0) is 16.4. The number of nitrogens with zero attached hydrogens (tertiary/aromatic N) is 1. The van der Waals surface area contributed by atoms with Crippen molar-refractivity contribution in [3.63, 3.8) is 0 Å². The van der Waals surface area contributed by atoms with Crippen molar-refractivity contribution in [2.45, 2.75) is 37.6 Å². The summed E-state index contributed by atoms with van der Waals surface area (Å²) in [6.07, 6.45) is 1.64. The van der Waals surface area contributed by atoms with Crippen molar-refractivity contribution < 1.29 is 9.18 Å². The quantitative estimate of drug-likeness (QED) is 0.897. The summed E-state index contributed by atoms with van der Waals surface area (Å²) in [7, 11) is 0. The number of hydrogen-bond donors (Lipinski definition) is 2. The molecule has 1 aromatic heterocycles. The van der Waals surface area contributed by atoms with E-state index in [1.54, 1.807) is 23.9 Å². The molecule has 3 rings (SSSR count). The van der Waals surface area contributed by atoms with Gasteiger partial charge in [0.15, 0.2) is 0 Å². The second-order valence-corrected chi connectivity index (χ2v) is 7.36. The van der Waals surface area contributed by atoms with E-state index in [2.05, 4.69) is 29.4 Å². The molecule has 0 radical (unpaired) electrons. The standard InChI is InChI=1S/C17H20FN3OS/c1-10(2)7-12-9-15(21-20-12)17(22)19-14-5-6-23-16-4-3-11(18)8-13(14)16/h3-4,8-10,14H,5-7H2,1-2H3,(H,19,22)(H,20,21). The molecule has 0 bridgehead atoms. The SMILES string of the molecule is CC(C)Cc1cc(C(=O)NC2CCSc3ccc(F)cc32)n[nH]1. The lowest BCUT2D eigenvalue weighted by Gasteiger charge is -2.25. The van der Waals surface area contributed by atoms with Crippen LogP contribution in [0.3, 0.4) is 0 Å². The molecular weight excluding hydrogens is 313 g/mol. The monoisotopic (exact) mass is 333 g/mol. The first-order valence-corrected chi connectivity index (χ1v) is 8.79. The van der Waals surface area contributed by atoms with Crippen molar-refractivity contribution in [1.82, 2.24) is 15.5 Å². The topological polar surface area (TPSA) is 57.8 Å². The molecule has 1 atom stereocenters. The lowest BCUT2D eigenvalue weighted by molar-refractivity contribution is 0.0929. The van der Waals surface area contributed by atoms with E-state index >= 15 is 0 Å². The van der Waals surface area contributed by atoms with Gasteiger partial charge >= 0.3 is 0 Å². The maximum atomic E-state index is 13.5. The Morgan fingerprint density at radius 2 is 2.30 bits per heavy atom. The third kappa shape index (κ3) is 3.75. The van der Waals surface area contributed by atoms with Crippen molar-refractivity contribution in [1.29, 1.82) is 0 Å². The summed E-state index contributed by atoms with van der Waals surface area (Å²) >= 11 is 1.70. The molecule has 1 aliphatic heterocycles. The van der Waals surface area contributed by atoms with E-state index in [1.807, 2.05) is 0 Å². The second kappa shape index (κ2) is 6.74. The number of aromatic amines is 1. The lowest BCUT2D eigenvalue weighted by atomic mass is 10.0. The lowest BCUT2D eigenvalue weighted by Crippen LogP contribution is -2.31. The Morgan fingerprint density at radius 3 is 3.09 bits per heavy atom. The molecule has 1 aliphatic rings. The fraction of sp³-hybridized carbons (Fsp3) is 0.412. The van der Waals surface area contributed by atoms with Crippen molar-refractivity contribution in [3.05, 3.63) is 47.0 Å². The molecule has 1 amide bonds. The third-order valence-corrected chi connectivity index (χ3v) is 4.93. The molecule has 0 aliphatic carbocycles. The van der Waals surface area contributed by atoms with Crippen LogP contribution >= 0.6 is 11.8 Å². The van der Waals surface area contributed by atoms with Crippen LogP contribution in [0.4, 0.5) is 4.39 Å². The number of fused-ring (bicyclic) bond motifs is 1. The summed E-state index contributed by atoms with van der Waals surface area (Å²) in [4.78, 5) is 13.4. The first-order valence-electron chi connectivity index (χ1n) is 7.80. The number of amides is 1. The van der Waals surface area contributed by atoms with E-state index in [9.17, 15) is 9.18 Å². The highest BCUT2D eigenvalue weighted by Crippen LogP contribution is 2.36. The number of carbonyl (C=O) groups is 1. The summed E-state index contributed by atoms with van der Waals surface area (Å²) < 4.78 is 13.5. The minimum absolute atomic E-state index is 0.167. The van der Waals surface area contributed by atoms with Crippen LogP contribution in [-0.2, 0) is 6.42 Å². The van der Waals surface area contributed by atoms with Gasteiger partial charge in [0.05, 0.1) is 6.04 Å². The second-order valence-electron chi connectivity index (χ2n) is 6.22. The summed E-state index contributed by atoms with van der Waals surface area (Å²) in [5.74, 6) is 0.910. The molecule has 4 nitrogen and oxygen atoms in total. The maximum absolute atomic E-state index is 13.5. The van der Waals surface area contributed by atoms with Crippen molar-refractivity contribution in [3.8, 4) is 0 Å². The van der Waals surface area contributed by atoms with Crippen LogP contribution in [0.15, 0.2) is 29.2 Å². The Labute approximate surface area is 139 Å². The van der Waals surface area contributed by atoms with Gasteiger partial charge in [0, 0.05) is 16.3 Å². The number of hydrogen-bond acceptors (Lipinski definition) is 3. The van der Waals surface area contributed by atoms with Crippen LogP contribution in [0.1, 0.15) is 48.1 Å². The van der Waals surface area contributed by atoms with Crippen LogP contribution in [0, 0.1) is 11.7 Å². The molecule has 0 saturated carbocycles. The molecule has 122 valence electrons. The summed E-state index contributed by atoms with van der Waals surface area (Å²) in [5.41, 5.74) is 2.19. The molecule has 1 unspecified atom stereocenters. The number of carbonyl (C=O) groups excluding carboxylic acids is 1. The number of nitrogens with one attached hydrogen (secondary N) is 2. The van der Waals surface area contributed by atoms with Crippen LogP contribution in [0.25, 0.3) is 0 Å². The van der Waals surface area contributed by atoms with Crippen molar-refractivity contribution >= 4 is 17.7 Å². The number of rotatable bonds is 4. The van der Waals surface area contributed by atoms with Gasteiger partial charge in [-0.2, -0.15) is 5.10 Å². The first kappa shape index (κ1) is 16.1. The van der Waals surface area contributed by atoms with E-state index in [0.29, 0.717) is 11.6 Å². The first-order chi connectivity index (χ1) is 11.0. The van der Waals surface area contributed by atoms with Gasteiger partial charge in [0.2, 0.25) is 0 Å². The molecule has 0 spiro atoms. The minimum Gasteiger partial charge on any atom is -0.344 e. The molecule has 2 heterocycles. The molecule has 6 heteroatoms. The van der Waals surface area contributed by atoms with Gasteiger partial charge in [-0.15, -0.1) is 11.8 Å². The molecule has 0 fully saturated rings. The van der Waals surface area contributed by atoms with E-state index in [-0.39, 0.29) is 17.8 Å². The van der Waals surface area contributed by atoms with Gasteiger partial charge in [-0.05, 0) is 48.6 Å². The van der Waals surface area contributed by atoms with Crippen LogP contribution in [-0.4, -0.2) is 21.9 Å². The number of H-pyrrole nitrogens is 1. The van der Waals surface area contributed by atoms with Gasteiger partial charge in [-0.25, -0.2) is 4.39 Å². The highest BCUT2D eigenvalue weighted by atomic mass is 32.2. The smallest absolute Gasteiger partial charge is 0.272 e. The van der Waals surface area contributed by atoms with Crippen LogP contribution < -0.4 is 5.32 Å². The van der Waals surface area contributed by atoms with Gasteiger partial charge in [0.1, 0.15) is 11.5 Å². The molecule has 2 N–H and O–H groups in total. The average molecular weight is 333 g/mol. The highest BCUT2D eigenvalue weighted by Gasteiger charge is 2.24. The van der Waals surface area contributed by atoms with Gasteiger partial charge in [-0.1, -0.05) is 13.8 Å². The molecular formula is C17H20FN3OS. The predicted molar refractivity (Wildman–Crippen MR) is 89.1 cm³/mol. The van der Waals surface area contributed by atoms with E-state index in [1.165, 1.54) is 12.1 Å². The Balaban J connectivity index is 1.74. The van der Waals surface area contributed by atoms with Gasteiger partial charge in [0.25, 0.3) is 5.91 Å². The molecule has 23 heavy (non-hydrogen) atoms. The molecule has 2 aromatic rings. The Hall–Kier alpha value is -1.82. The Bertz CT molecular complexity index is 714. The molecule has 1 aromatic carbocycles. The number of thioether (sulfide) groups is 1. The number of benzene rings is 1. The van der Waals surface area contributed by atoms with Crippen molar-refractivity contribution in [2.75, 3.05) is 5.75 Å². The normalized spacial score (nSPS) is 17.1. The minimum atomic E-state index is -0.274. The largest absolute Gasteiger partial charge is 0.344 e. The zero-order valence-corrected chi connectivity index (χ0v) is 14.0. The van der Waals surface area contributed by atoms with Gasteiger partial charge in [-0.3, -0.25) is 9.89 Å². The Morgan fingerprint density at radius 1 is 1.48 bits per heavy atom. The predicted octanol–water partition coefficient (Wildman–Crippen LogP) is 3.71. The van der Waals surface area contributed by atoms with E-state index in [4.69, 9.17) is 0 Å². The fourth-order valence-electron chi connectivity index (χ4n) is 2.77. The van der Waals surface area contributed by atoms with Gasteiger partial charge < -0.3 is 5.32 Å². The zero-order valence-electron chi connectivity index (χ0n) is 13.2. The number of aromatic nitrogens is 2. The summed E-state index contributed by atoms with van der Waals surface area (Å²) in [6.45, 7) is 4.23. The van der Waals surface area contributed by atoms with E-state index in [0.717, 1.165) is 34.7 Å².